The molecule has 0 aromatic rings. The van der Waals surface area contributed by atoms with Gasteiger partial charge in [-0.05, 0) is 62.8 Å². The van der Waals surface area contributed by atoms with E-state index in [-0.39, 0.29) is 31.7 Å². The van der Waals surface area contributed by atoms with E-state index >= 15 is 0 Å². The zero-order valence-corrected chi connectivity index (χ0v) is 43.6. The predicted molar refractivity (Wildman–Crippen MR) is 268 cm³/mol. The van der Waals surface area contributed by atoms with Gasteiger partial charge in [-0.25, -0.2) is 4.79 Å². The molecule has 0 bridgehead atoms. The zero-order chi connectivity index (χ0) is 57.0. The van der Waals surface area contributed by atoms with Gasteiger partial charge in [-0.3, -0.25) is 57.5 Å². The molecule has 29 heteroatoms. The summed E-state index contributed by atoms with van der Waals surface area (Å²) < 4.78 is 0. The molecular weight excluding hydrogens is 997 g/mol. The van der Waals surface area contributed by atoms with Crippen molar-refractivity contribution in [2.24, 2.45) is 40.7 Å². The van der Waals surface area contributed by atoms with E-state index in [1.54, 1.807) is 41.5 Å². The molecule has 0 saturated carbocycles. The lowest BCUT2D eigenvalue weighted by molar-refractivity contribution is -0.145. The maximum atomic E-state index is 14.0. The molecule has 0 fully saturated rings. The Labute approximate surface area is 434 Å². The van der Waals surface area contributed by atoms with E-state index in [0.29, 0.717) is 19.3 Å². The van der Waals surface area contributed by atoms with Crippen molar-refractivity contribution < 1.29 is 77.6 Å². The van der Waals surface area contributed by atoms with Crippen molar-refractivity contribution in [2.75, 3.05) is 12.3 Å². The number of rotatable bonds is 38. The Morgan fingerprint density at radius 1 is 0.473 bits per heavy atom. The van der Waals surface area contributed by atoms with Crippen LogP contribution in [0.25, 0.3) is 0 Å². The van der Waals surface area contributed by atoms with E-state index in [4.69, 9.17) is 22.9 Å². The number of hydrogen-bond donors (Lipinski definition) is 16. The molecule has 0 aliphatic rings. The van der Waals surface area contributed by atoms with Crippen LogP contribution in [0.2, 0.25) is 0 Å². The molecule has 0 spiro atoms. The van der Waals surface area contributed by atoms with Gasteiger partial charge in [0, 0.05) is 18.6 Å². The summed E-state index contributed by atoms with van der Waals surface area (Å²) in [6.07, 6.45) is -2.51. The van der Waals surface area contributed by atoms with Crippen LogP contribution in [0.3, 0.4) is 0 Å². The fraction of sp³-hybridized carbons (Fsp3) is 0.711. The molecule has 0 aliphatic heterocycles. The first-order valence-corrected chi connectivity index (χ1v) is 24.9. The number of carboxylic acid groups (broad SMARTS) is 3. The SMILES string of the molecule is CC[C@H](C)[C@H](NC(=O)[C@H](CC(=O)O)NC(=O)[C@H](CC(C)C)NC(=O)[C@@H](NC(=O)[C@H](CS)NC(=O)[C@H](CCC(=O)O)NC(=O)[C@H](CCC(N)=O)NC(=O)[C@H](CCCCN)NC(=O)[C@@H](N)CC(N)=O)[C@@H](C)CC)C(=O)O. The van der Waals surface area contributed by atoms with E-state index in [1.807, 2.05) is 0 Å². The van der Waals surface area contributed by atoms with Crippen molar-refractivity contribution in [1.82, 2.24) is 42.5 Å². The molecule has 0 aromatic carbocycles. The molecule has 0 heterocycles. The minimum atomic E-state index is -1.77. The third-order valence-corrected chi connectivity index (χ3v) is 12.0. The zero-order valence-electron chi connectivity index (χ0n) is 42.7. The lowest BCUT2D eigenvalue weighted by Gasteiger charge is -2.30. The van der Waals surface area contributed by atoms with E-state index in [2.05, 4.69) is 55.2 Å². The number of nitrogens with one attached hydrogen (secondary N) is 8. The predicted octanol–water partition coefficient (Wildman–Crippen LogP) is -4.05. The quantitative estimate of drug-likeness (QED) is 0.0207. The van der Waals surface area contributed by atoms with Crippen molar-refractivity contribution in [3.05, 3.63) is 0 Å². The van der Waals surface area contributed by atoms with Crippen LogP contribution in [0.5, 0.6) is 0 Å². The Morgan fingerprint density at radius 2 is 0.892 bits per heavy atom. The minimum Gasteiger partial charge on any atom is -0.481 e. The number of carbonyl (C=O) groups is 13. The largest absolute Gasteiger partial charge is 0.481 e. The molecule has 0 aliphatic carbocycles. The van der Waals surface area contributed by atoms with Gasteiger partial charge in [-0.1, -0.05) is 54.4 Å². The van der Waals surface area contributed by atoms with Crippen molar-refractivity contribution in [1.29, 1.82) is 0 Å². The van der Waals surface area contributed by atoms with E-state index in [0.717, 1.165) is 0 Å². The second-order valence-electron chi connectivity index (χ2n) is 18.4. The maximum Gasteiger partial charge on any atom is 0.326 e. The summed E-state index contributed by atoms with van der Waals surface area (Å²) >= 11 is 4.18. The molecular formula is C45H78N12O16S. The van der Waals surface area contributed by atoms with Crippen LogP contribution in [0.1, 0.15) is 119 Å². The third kappa shape index (κ3) is 25.9. The standard InChI is InChI=1S/C45H78N12O16S/c1-7-22(5)35(44(71)54-28(17-21(3)4)41(68)53-29(19-34(62)63)42(69)57-36(45(72)73)23(6)8-2)56-43(70)30(20-74)55-40(67)27(13-15-33(60)61)52-39(66)26(12-14-31(48)58)51-38(65)25(11-9-10-16-46)50-37(64)24(47)18-32(49)59/h21-30,35-36,74H,7-20,46-47H2,1-6H3,(H2,48,58)(H2,49,59)(H,50,64)(H,51,65)(H,52,66)(H,53,68)(H,54,71)(H,55,67)(H,56,70)(H,57,69)(H,60,61)(H,62,63)(H,72,73)/t22-,23-,24-,25-,26-,27-,28-,29-,30-,35-,36-/m0/s1. The summed E-state index contributed by atoms with van der Waals surface area (Å²) in [6.45, 7) is 10.1. The average molecular weight is 1080 g/mol. The first-order chi connectivity index (χ1) is 34.5. The summed E-state index contributed by atoms with van der Waals surface area (Å²) in [7, 11) is 0. The molecule has 28 nitrogen and oxygen atoms in total. The van der Waals surface area contributed by atoms with Crippen LogP contribution >= 0.6 is 12.6 Å². The highest BCUT2D eigenvalue weighted by Crippen LogP contribution is 2.14. The second-order valence-corrected chi connectivity index (χ2v) is 18.7. The van der Waals surface area contributed by atoms with Crippen molar-refractivity contribution in [3.8, 4) is 0 Å². The number of carboxylic acids is 3. The van der Waals surface area contributed by atoms with Crippen LogP contribution < -0.4 is 65.5 Å². The number of nitrogens with two attached hydrogens (primary N) is 4. The molecule has 19 N–H and O–H groups in total. The van der Waals surface area contributed by atoms with Gasteiger partial charge in [0.15, 0.2) is 0 Å². The van der Waals surface area contributed by atoms with Gasteiger partial charge in [-0.15, -0.1) is 0 Å². The molecule has 0 rings (SSSR count). The monoisotopic (exact) mass is 1070 g/mol. The maximum absolute atomic E-state index is 14.0. The van der Waals surface area contributed by atoms with Gasteiger partial charge < -0.3 is 80.8 Å². The highest BCUT2D eigenvalue weighted by atomic mass is 32.1. The lowest BCUT2D eigenvalue weighted by Crippen LogP contribution is -2.61. The summed E-state index contributed by atoms with van der Waals surface area (Å²) in [5.74, 6) is -16.2. The molecule has 10 amide bonds. The molecule has 0 aromatic heterocycles. The fourth-order valence-electron chi connectivity index (χ4n) is 6.97. The highest BCUT2D eigenvalue weighted by Gasteiger charge is 2.37. The normalized spacial score (nSPS) is 15.5. The molecule has 0 radical (unpaired) electrons. The Kier molecular flexibility index (Phi) is 31.6. The summed E-state index contributed by atoms with van der Waals surface area (Å²) in [5, 5.41) is 47.8. The smallest absolute Gasteiger partial charge is 0.326 e. The Balaban J connectivity index is 6.66. The molecule has 74 heavy (non-hydrogen) atoms. The van der Waals surface area contributed by atoms with Gasteiger partial charge in [-0.2, -0.15) is 12.6 Å². The number of aliphatic carboxylic acids is 3. The van der Waals surface area contributed by atoms with Gasteiger partial charge in [0.05, 0.1) is 18.9 Å². The van der Waals surface area contributed by atoms with Crippen molar-refractivity contribution >= 4 is 89.6 Å². The molecule has 11 atom stereocenters. The number of hydrogen-bond acceptors (Lipinski definition) is 16. The van der Waals surface area contributed by atoms with Crippen LogP contribution in [-0.2, 0) is 62.3 Å². The molecule has 0 saturated heterocycles. The van der Waals surface area contributed by atoms with E-state index in [9.17, 15) is 77.6 Å². The molecule has 0 unspecified atom stereocenters. The summed E-state index contributed by atoms with van der Waals surface area (Å²) in [5.41, 5.74) is 21.8. The number of carbonyl (C=O) groups excluding carboxylic acids is 10. The fourth-order valence-corrected chi connectivity index (χ4v) is 7.22. The third-order valence-electron chi connectivity index (χ3n) is 11.7. The van der Waals surface area contributed by atoms with Gasteiger partial charge in [0.2, 0.25) is 59.1 Å². The van der Waals surface area contributed by atoms with Gasteiger partial charge >= 0.3 is 17.9 Å². The Morgan fingerprint density at radius 3 is 1.34 bits per heavy atom. The summed E-state index contributed by atoms with van der Waals surface area (Å²) in [6, 6.07) is -13.8. The highest BCUT2D eigenvalue weighted by molar-refractivity contribution is 7.80. The van der Waals surface area contributed by atoms with Crippen LogP contribution in [-0.4, -0.2) is 159 Å². The lowest BCUT2D eigenvalue weighted by atomic mass is 9.96. The van der Waals surface area contributed by atoms with Crippen molar-refractivity contribution in [3.63, 3.8) is 0 Å². The number of primary amides is 2. The topological polar surface area (TPSA) is 483 Å². The minimum absolute atomic E-state index is 0.0296. The molecule has 420 valence electrons. The first kappa shape index (κ1) is 67.4. The van der Waals surface area contributed by atoms with Crippen LogP contribution in [0, 0.1) is 17.8 Å². The Hall–Kier alpha value is -6.62. The van der Waals surface area contributed by atoms with Crippen LogP contribution in [0.15, 0.2) is 0 Å². The number of amides is 10. The van der Waals surface area contributed by atoms with Crippen molar-refractivity contribution in [2.45, 2.75) is 173 Å². The first-order valence-electron chi connectivity index (χ1n) is 24.3. The average Bonchev–Trinajstić information content (AvgIpc) is 3.31. The van der Waals surface area contributed by atoms with Gasteiger partial charge in [0.1, 0.15) is 48.3 Å². The number of thiol groups is 1. The van der Waals surface area contributed by atoms with E-state index in [1.165, 1.54) is 0 Å². The number of unbranched alkanes of at least 4 members (excludes halogenated alkanes) is 1. The van der Waals surface area contributed by atoms with Gasteiger partial charge in [0.25, 0.3) is 0 Å². The second kappa shape index (κ2) is 34.7. The van der Waals surface area contributed by atoms with Crippen LogP contribution in [0.4, 0.5) is 0 Å². The Bertz CT molecular complexity index is 1980. The summed E-state index contributed by atoms with van der Waals surface area (Å²) in [4.78, 5) is 167. The van der Waals surface area contributed by atoms with E-state index < -0.39 is 187 Å².